The number of aliphatic hydroxyl groups excluding tert-OH is 2. The second kappa shape index (κ2) is 12.4. The summed E-state index contributed by atoms with van der Waals surface area (Å²) in [5.41, 5.74) is 0. The number of hydrogen-bond donors (Lipinski definition) is 4. The molecule has 0 saturated carbocycles. The molecule has 6 nitrogen and oxygen atoms in total. The fourth-order valence-electron chi connectivity index (χ4n) is 0.270. The fourth-order valence-corrected chi connectivity index (χ4v) is 0.270. The van der Waals surface area contributed by atoms with Crippen LogP contribution < -0.4 is 0 Å². The predicted octanol–water partition coefficient (Wildman–Crippen LogP) is -4.60. The third-order valence-corrected chi connectivity index (χ3v) is 0.805. The van der Waals surface area contributed by atoms with Crippen molar-refractivity contribution in [3.05, 3.63) is 0 Å². The first-order chi connectivity index (χ1) is 4.46. The minimum atomic E-state index is -2.27. The van der Waals surface area contributed by atoms with E-state index in [0.29, 0.717) is 0 Å². The predicted molar refractivity (Wildman–Crippen MR) is 51.5 cm³/mol. The molecule has 0 radical (unpaired) electrons. The number of rotatable bonds is 3. The van der Waals surface area contributed by atoms with E-state index in [9.17, 15) is 9.59 Å². The van der Waals surface area contributed by atoms with Crippen molar-refractivity contribution in [2.75, 3.05) is 0 Å². The molecule has 0 amide bonds. The molecule has 0 aliphatic rings. The molecule has 0 aliphatic heterocycles. The number of carboxylic acids is 2. The summed E-state index contributed by atoms with van der Waals surface area (Å²) in [7, 11) is 0. The summed E-state index contributed by atoms with van der Waals surface area (Å²) in [6, 6.07) is 0. The Morgan fingerprint density at radius 2 is 1.08 bits per heavy atom. The Morgan fingerprint density at radius 1 is 0.923 bits per heavy atom. The van der Waals surface area contributed by atoms with Crippen LogP contribution in [0.25, 0.3) is 0 Å². The monoisotopic (exact) mass is 338 g/mol. The summed E-state index contributed by atoms with van der Waals surface area (Å²) < 4.78 is 0. The van der Waals surface area contributed by atoms with Crippen LogP contribution in [0.5, 0.6) is 0 Å². The Labute approximate surface area is 156 Å². The number of carboxylic acid groups (broad SMARTS) is 2. The molecule has 0 heterocycles. The van der Waals surface area contributed by atoms with E-state index >= 15 is 0 Å². The molecule has 70 valence electrons. The molecule has 13 heavy (non-hydrogen) atoms. The Bertz CT molecular complexity index is 149. The molecule has 0 fully saturated rings. The normalized spacial score (nSPS) is 12.2. The standard InChI is InChI=1S/C4H6O6.K.Na.Sb.5H/c5-1(3(7)8)2(6)4(9)10;;;;;;;;/h1-2,5-6H,(H,7,8)(H,9,10);;;;;;;;. The second-order valence-corrected chi connectivity index (χ2v) is 1.57. The van der Waals surface area contributed by atoms with Gasteiger partial charge in [0, 0.05) is 0 Å². The quantitative estimate of drug-likeness (QED) is 0.385. The van der Waals surface area contributed by atoms with E-state index in [1.807, 2.05) is 0 Å². The van der Waals surface area contributed by atoms with Crippen molar-refractivity contribution < 1.29 is 30.0 Å². The Hall–Kier alpha value is 2.31. The minimum absolute atomic E-state index is 0. The van der Waals surface area contributed by atoms with Crippen LogP contribution in [0, 0.1) is 0 Å². The Balaban J connectivity index is -0.000000135. The molecule has 0 aliphatic carbocycles. The van der Waals surface area contributed by atoms with Crippen LogP contribution in [0.15, 0.2) is 0 Å². The van der Waals surface area contributed by atoms with Crippen LogP contribution in [0.2, 0.25) is 0 Å². The molecule has 9 heteroatoms. The van der Waals surface area contributed by atoms with E-state index in [0.717, 1.165) is 0 Å². The maximum absolute atomic E-state index is 9.77. The van der Waals surface area contributed by atoms with E-state index in [1.165, 1.54) is 0 Å². The van der Waals surface area contributed by atoms with Crippen molar-refractivity contribution in [1.82, 2.24) is 0 Å². The van der Waals surface area contributed by atoms with Crippen molar-refractivity contribution in [2.24, 2.45) is 0 Å². The molecule has 2 atom stereocenters. The molecular formula is C4H11KNaO6Sb. The van der Waals surface area contributed by atoms with Gasteiger partial charge in [0.1, 0.15) is 0 Å². The van der Waals surface area contributed by atoms with Crippen molar-refractivity contribution in [1.29, 1.82) is 0 Å². The zero-order chi connectivity index (χ0) is 8.31. The maximum atomic E-state index is 9.77. The van der Waals surface area contributed by atoms with E-state index in [1.54, 1.807) is 0 Å². The van der Waals surface area contributed by atoms with Gasteiger partial charge in [-0.25, -0.2) is 9.59 Å². The Kier molecular flexibility index (Phi) is 23.4. The van der Waals surface area contributed by atoms with Gasteiger partial charge in [-0.05, 0) is 0 Å². The number of carbonyl (C=O) groups is 2. The summed E-state index contributed by atoms with van der Waals surface area (Å²) in [6.45, 7) is 0. The van der Waals surface area contributed by atoms with Gasteiger partial charge in [0.2, 0.25) is 0 Å². The molecule has 0 aromatic carbocycles. The van der Waals surface area contributed by atoms with E-state index in [2.05, 4.69) is 0 Å². The van der Waals surface area contributed by atoms with Crippen LogP contribution in [0.1, 0.15) is 0 Å². The summed E-state index contributed by atoms with van der Waals surface area (Å²) in [5, 5.41) is 32.5. The van der Waals surface area contributed by atoms with Crippen LogP contribution >= 0.6 is 0 Å². The third kappa shape index (κ3) is 10.6. The summed E-state index contributed by atoms with van der Waals surface area (Å²) in [5.74, 6) is -3.54. The first kappa shape index (κ1) is 24.5. The average Bonchev–Trinajstić information content (AvgIpc) is 1.84. The van der Waals surface area contributed by atoms with Crippen LogP contribution in [0.3, 0.4) is 0 Å². The zero-order valence-corrected chi connectivity index (χ0v) is 9.50. The van der Waals surface area contributed by atoms with Crippen LogP contribution in [-0.4, -0.2) is 150 Å². The SMILES string of the molecule is O=C(O)C(O)C(O)C(=O)O.[KH].[NaH].[SbH3]. The van der Waals surface area contributed by atoms with E-state index in [-0.39, 0.29) is 105 Å². The van der Waals surface area contributed by atoms with Gasteiger partial charge in [0.15, 0.2) is 12.2 Å². The van der Waals surface area contributed by atoms with Crippen molar-refractivity contribution in [2.45, 2.75) is 12.2 Å². The van der Waals surface area contributed by atoms with Gasteiger partial charge in [-0.2, -0.15) is 0 Å². The van der Waals surface area contributed by atoms with E-state index < -0.39 is 24.1 Å². The Morgan fingerprint density at radius 3 is 1.15 bits per heavy atom. The second-order valence-electron chi connectivity index (χ2n) is 1.57. The molecule has 4 N–H and O–H groups in total. The molecular weight excluding hydrogens is 328 g/mol. The van der Waals surface area contributed by atoms with Gasteiger partial charge in [0.05, 0.1) is 0 Å². The number of aliphatic hydroxyl groups is 2. The van der Waals surface area contributed by atoms with Gasteiger partial charge >= 0.3 is 117 Å². The molecule has 0 spiro atoms. The van der Waals surface area contributed by atoms with Crippen LogP contribution in [-0.2, 0) is 9.59 Å². The molecule has 0 aromatic rings. The molecule has 0 saturated heterocycles. The average molecular weight is 339 g/mol. The van der Waals surface area contributed by atoms with Crippen molar-refractivity contribution in [3.63, 3.8) is 0 Å². The molecule has 2 unspecified atom stereocenters. The molecule has 0 bridgehead atoms. The first-order valence-corrected chi connectivity index (χ1v) is 2.28. The fraction of sp³-hybridized carbons (Fsp3) is 0.500. The summed E-state index contributed by atoms with van der Waals surface area (Å²) in [4.78, 5) is 19.5. The summed E-state index contributed by atoms with van der Waals surface area (Å²) >= 11 is 0. The van der Waals surface area contributed by atoms with Crippen molar-refractivity contribution >= 4 is 117 Å². The third-order valence-electron chi connectivity index (χ3n) is 0.805. The van der Waals surface area contributed by atoms with Gasteiger partial charge in [-0.3, -0.25) is 0 Å². The topological polar surface area (TPSA) is 115 Å². The van der Waals surface area contributed by atoms with Gasteiger partial charge in [-0.15, -0.1) is 0 Å². The van der Waals surface area contributed by atoms with Crippen molar-refractivity contribution in [3.8, 4) is 0 Å². The number of hydrogen-bond acceptors (Lipinski definition) is 4. The van der Waals surface area contributed by atoms with Gasteiger partial charge in [-0.1, -0.05) is 0 Å². The van der Waals surface area contributed by atoms with Crippen LogP contribution in [0.4, 0.5) is 0 Å². The molecule has 0 aromatic heterocycles. The number of aliphatic carboxylic acids is 2. The molecule has 0 rings (SSSR count). The zero-order valence-electron chi connectivity index (χ0n) is 5.47. The van der Waals surface area contributed by atoms with E-state index in [4.69, 9.17) is 20.4 Å². The van der Waals surface area contributed by atoms with Gasteiger partial charge in [0.25, 0.3) is 0 Å². The first-order valence-electron chi connectivity index (χ1n) is 2.28. The summed E-state index contributed by atoms with van der Waals surface area (Å²) in [6.07, 6.45) is -4.53. The van der Waals surface area contributed by atoms with Gasteiger partial charge < -0.3 is 20.4 Å².